The predicted molar refractivity (Wildman–Crippen MR) is 78.9 cm³/mol. The molecule has 0 atom stereocenters. The first-order valence-electron chi connectivity index (χ1n) is 6.32. The zero-order valence-electron chi connectivity index (χ0n) is 11.1. The van der Waals surface area contributed by atoms with Crippen molar-refractivity contribution < 1.29 is 4.79 Å². The summed E-state index contributed by atoms with van der Waals surface area (Å²) >= 11 is 5.93. The number of aromatic amines is 1. The lowest BCUT2D eigenvalue weighted by atomic mass is 10.2. The van der Waals surface area contributed by atoms with Gasteiger partial charge in [-0.25, -0.2) is 0 Å². The number of rotatable bonds is 4. The number of hydrogen-bond acceptors (Lipinski definition) is 2. The van der Waals surface area contributed by atoms with Gasteiger partial charge in [-0.15, -0.1) is 0 Å². The molecule has 0 aliphatic carbocycles. The van der Waals surface area contributed by atoms with Crippen molar-refractivity contribution in [3.05, 3.63) is 69.1 Å². The number of nitrogens with one attached hydrogen (secondary N) is 1. The second kappa shape index (κ2) is 6.39. The first-order chi connectivity index (χ1) is 9.61. The largest absolute Gasteiger partial charge is 0.367 e. The highest BCUT2D eigenvalue weighted by molar-refractivity contribution is 6.30. The summed E-state index contributed by atoms with van der Waals surface area (Å²) in [5, 5.41) is 0.628. The molecule has 0 radical (unpaired) electrons. The van der Waals surface area contributed by atoms with E-state index < -0.39 is 0 Å². The average molecular weight is 291 g/mol. The van der Waals surface area contributed by atoms with E-state index in [1.165, 1.54) is 18.5 Å². The van der Waals surface area contributed by atoms with E-state index >= 15 is 0 Å². The quantitative estimate of drug-likeness (QED) is 0.941. The number of pyridine rings is 1. The fourth-order valence-electron chi connectivity index (χ4n) is 1.94. The van der Waals surface area contributed by atoms with Gasteiger partial charge in [0.25, 0.3) is 5.91 Å². The molecule has 0 spiro atoms. The molecular formula is C15H15ClN2O2. The molecule has 1 N–H and O–H groups in total. The highest BCUT2D eigenvalue weighted by Gasteiger charge is 2.17. The first kappa shape index (κ1) is 14.3. The van der Waals surface area contributed by atoms with Crippen LogP contribution in [0.2, 0.25) is 5.02 Å². The molecule has 20 heavy (non-hydrogen) atoms. The van der Waals surface area contributed by atoms with Gasteiger partial charge >= 0.3 is 0 Å². The lowest BCUT2D eigenvalue weighted by molar-refractivity contribution is 0.0751. The van der Waals surface area contributed by atoms with Crippen molar-refractivity contribution in [2.75, 3.05) is 6.54 Å². The number of nitrogens with zero attached hydrogens (tertiary/aromatic N) is 1. The second-order valence-corrected chi connectivity index (χ2v) is 4.81. The van der Waals surface area contributed by atoms with Crippen LogP contribution in [0.4, 0.5) is 0 Å². The predicted octanol–water partition coefficient (Wildman–Crippen LogP) is 2.69. The summed E-state index contributed by atoms with van der Waals surface area (Å²) in [6.45, 7) is 2.81. The lowest BCUT2D eigenvalue weighted by Crippen LogP contribution is -2.33. The Morgan fingerprint density at radius 3 is 2.80 bits per heavy atom. The number of aromatic nitrogens is 1. The molecule has 0 saturated heterocycles. The van der Waals surface area contributed by atoms with E-state index in [-0.39, 0.29) is 16.9 Å². The fourth-order valence-corrected chi connectivity index (χ4v) is 2.15. The second-order valence-electron chi connectivity index (χ2n) is 4.37. The highest BCUT2D eigenvalue weighted by atomic mass is 35.5. The van der Waals surface area contributed by atoms with Crippen LogP contribution in [0.3, 0.4) is 0 Å². The van der Waals surface area contributed by atoms with Crippen LogP contribution in [0.1, 0.15) is 22.8 Å². The van der Waals surface area contributed by atoms with Gasteiger partial charge in [-0.3, -0.25) is 9.59 Å². The first-order valence-corrected chi connectivity index (χ1v) is 6.70. The van der Waals surface area contributed by atoms with E-state index in [0.29, 0.717) is 18.1 Å². The Balaban J connectivity index is 2.23. The smallest absolute Gasteiger partial charge is 0.259 e. The summed E-state index contributed by atoms with van der Waals surface area (Å²) in [6, 6.07) is 8.68. The maximum absolute atomic E-state index is 12.4. The van der Waals surface area contributed by atoms with E-state index in [9.17, 15) is 9.59 Å². The van der Waals surface area contributed by atoms with Crippen molar-refractivity contribution in [1.82, 2.24) is 9.88 Å². The minimum absolute atomic E-state index is 0.149. The van der Waals surface area contributed by atoms with Gasteiger partial charge in [0.15, 0.2) is 5.43 Å². The van der Waals surface area contributed by atoms with Gasteiger partial charge < -0.3 is 9.88 Å². The van der Waals surface area contributed by atoms with E-state index in [0.717, 1.165) is 5.56 Å². The number of carbonyl (C=O) groups excluding carboxylic acids is 1. The molecule has 2 rings (SSSR count). The van der Waals surface area contributed by atoms with E-state index in [2.05, 4.69) is 4.98 Å². The van der Waals surface area contributed by atoms with Crippen LogP contribution in [0.25, 0.3) is 0 Å². The molecule has 1 heterocycles. The molecule has 0 unspecified atom stereocenters. The maximum Gasteiger partial charge on any atom is 0.259 e. The Bertz CT molecular complexity index is 667. The number of amides is 1. The molecule has 2 aromatic rings. The molecule has 104 valence electrons. The maximum atomic E-state index is 12.4. The fraction of sp³-hybridized carbons (Fsp3) is 0.200. The molecule has 1 aromatic heterocycles. The monoisotopic (exact) mass is 290 g/mol. The standard InChI is InChI=1S/C15H15ClN2O2/c1-2-18(10-11-4-3-5-12(16)8-11)15(20)13-9-17-7-6-14(13)19/h3-9H,2,10H2,1H3,(H,17,19). The molecular weight excluding hydrogens is 276 g/mol. The summed E-state index contributed by atoms with van der Waals surface area (Å²) in [7, 11) is 0. The van der Waals surface area contributed by atoms with E-state index in [1.807, 2.05) is 25.1 Å². The topological polar surface area (TPSA) is 53.2 Å². The Kier molecular flexibility index (Phi) is 4.58. The molecule has 0 fully saturated rings. The van der Waals surface area contributed by atoms with Crippen LogP contribution < -0.4 is 5.43 Å². The van der Waals surface area contributed by atoms with Gasteiger partial charge in [0.1, 0.15) is 5.56 Å². The van der Waals surface area contributed by atoms with Crippen molar-refractivity contribution in [2.45, 2.75) is 13.5 Å². The average Bonchev–Trinajstić information content (AvgIpc) is 2.44. The number of hydrogen-bond donors (Lipinski definition) is 1. The minimum Gasteiger partial charge on any atom is -0.367 e. The van der Waals surface area contributed by atoms with Gasteiger partial charge in [0, 0.05) is 36.6 Å². The van der Waals surface area contributed by atoms with Gasteiger partial charge in [-0.2, -0.15) is 0 Å². The van der Waals surface area contributed by atoms with Gasteiger partial charge in [-0.1, -0.05) is 23.7 Å². The van der Waals surface area contributed by atoms with Gasteiger partial charge in [0.2, 0.25) is 0 Å². The molecule has 5 heteroatoms. The SMILES string of the molecule is CCN(Cc1cccc(Cl)c1)C(=O)c1c[nH]ccc1=O. The Morgan fingerprint density at radius 1 is 1.35 bits per heavy atom. The van der Waals surface area contributed by atoms with Crippen LogP contribution in [0, 0.1) is 0 Å². The molecule has 0 aliphatic heterocycles. The van der Waals surface area contributed by atoms with Crippen molar-refractivity contribution >= 4 is 17.5 Å². The number of benzene rings is 1. The zero-order valence-corrected chi connectivity index (χ0v) is 11.9. The van der Waals surface area contributed by atoms with Crippen molar-refractivity contribution in [3.63, 3.8) is 0 Å². The summed E-state index contributed by atoms with van der Waals surface area (Å²) in [5.74, 6) is -0.283. The third kappa shape index (κ3) is 3.27. The number of H-pyrrole nitrogens is 1. The molecule has 0 saturated carbocycles. The highest BCUT2D eigenvalue weighted by Crippen LogP contribution is 2.13. The van der Waals surface area contributed by atoms with Crippen LogP contribution in [0.5, 0.6) is 0 Å². The van der Waals surface area contributed by atoms with E-state index in [4.69, 9.17) is 11.6 Å². The number of halogens is 1. The van der Waals surface area contributed by atoms with Crippen LogP contribution in [-0.2, 0) is 6.54 Å². The molecule has 0 bridgehead atoms. The van der Waals surface area contributed by atoms with Crippen LogP contribution in [0.15, 0.2) is 47.5 Å². The van der Waals surface area contributed by atoms with Crippen molar-refractivity contribution in [3.8, 4) is 0 Å². The Hall–Kier alpha value is -2.07. The Labute approximate surface area is 122 Å². The summed E-state index contributed by atoms with van der Waals surface area (Å²) in [5.41, 5.74) is 0.801. The van der Waals surface area contributed by atoms with Crippen molar-refractivity contribution in [2.24, 2.45) is 0 Å². The third-order valence-corrected chi connectivity index (χ3v) is 3.22. The summed E-state index contributed by atoms with van der Waals surface area (Å²) < 4.78 is 0. The normalized spacial score (nSPS) is 10.3. The summed E-state index contributed by atoms with van der Waals surface area (Å²) in [4.78, 5) is 28.4. The molecule has 1 aromatic carbocycles. The molecule has 0 aliphatic rings. The summed E-state index contributed by atoms with van der Waals surface area (Å²) in [6.07, 6.45) is 2.94. The molecule has 1 amide bonds. The molecule has 4 nitrogen and oxygen atoms in total. The minimum atomic E-state index is -0.283. The van der Waals surface area contributed by atoms with E-state index in [1.54, 1.807) is 11.0 Å². The Morgan fingerprint density at radius 2 is 2.15 bits per heavy atom. The lowest BCUT2D eigenvalue weighted by Gasteiger charge is -2.20. The van der Waals surface area contributed by atoms with Gasteiger partial charge in [0.05, 0.1) is 0 Å². The van der Waals surface area contributed by atoms with Gasteiger partial charge in [-0.05, 0) is 24.6 Å². The van der Waals surface area contributed by atoms with Crippen LogP contribution >= 0.6 is 11.6 Å². The number of carbonyl (C=O) groups is 1. The third-order valence-electron chi connectivity index (χ3n) is 2.99. The van der Waals surface area contributed by atoms with Crippen LogP contribution in [-0.4, -0.2) is 22.3 Å². The zero-order chi connectivity index (χ0) is 14.5. The van der Waals surface area contributed by atoms with Crippen molar-refractivity contribution in [1.29, 1.82) is 0 Å².